The number of aliphatic hydroxyl groups excluding tert-OH is 1. The van der Waals surface area contributed by atoms with Gasteiger partial charge in [0.25, 0.3) is 5.88 Å². The van der Waals surface area contributed by atoms with E-state index in [9.17, 15) is 9.90 Å². The molecule has 0 bridgehead atoms. The van der Waals surface area contributed by atoms with E-state index in [2.05, 4.69) is 27.0 Å². The molecule has 4 rings (SSSR count). The van der Waals surface area contributed by atoms with Crippen molar-refractivity contribution in [2.24, 2.45) is 11.3 Å². The number of likely N-dealkylation sites (tertiary alicyclic amines) is 1. The highest BCUT2D eigenvalue weighted by atomic mass is 16.5. The van der Waals surface area contributed by atoms with E-state index in [0.29, 0.717) is 31.9 Å². The Morgan fingerprint density at radius 1 is 1.22 bits per heavy atom. The lowest BCUT2D eigenvalue weighted by Gasteiger charge is -2.51. The summed E-state index contributed by atoms with van der Waals surface area (Å²) in [5.41, 5.74) is -0.319. The van der Waals surface area contributed by atoms with Crippen LogP contribution in [0.1, 0.15) is 32.1 Å². The van der Waals surface area contributed by atoms with Crippen molar-refractivity contribution in [2.75, 3.05) is 38.2 Å². The predicted molar refractivity (Wildman–Crippen MR) is 102 cm³/mol. The highest BCUT2D eigenvalue weighted by Crippen LogP contribution is 2.41. The maximum atomic E-state index is 12.9. The molecule has 1 aromatic rings. The van der Waals surface area contributed by atoms with Gasteiger partial charge in [0.1, 0.15) is 0 Å². The number of piperidine rings is 2. The van der Waals surface area contributed by atoms with Gasteiger partial charge in [-0.1, -0.05) is 12.2 Å². The number of carbonyl (C=O) groups is 1. The monoisotopic (exact) mass is 372 g/mol. The summed E-state index contributed by atoms with van der Waals surface area (Å²) in [5, 5.41) is 10.9. The van der Waals surface area contributed by atoms with Crippen molar-refractivity contribution in [2.45, 2.75) is 38.2 Å². The highest BCUT2D eigenvalue weighted by Gasteiger charge is 2.47. The minimum atomic E-state index is -0.409. The maximum Gasteiger partial charge on any atom is 0.257 e. The molecule has 1 spiro atoms. The summed E-state index contributed by atoms with van der Waals surface area (Å²) in [5.74, 6) is 1.54. The summed E-state index contributed by atoms with van der Waals surface area (Å²) in [6.07, 6.45) is 11.3. The molecular weight excluding hydrogens is 344 g/mol. The summed E-state index contributed by atoms with van der Waals surface area (Å²) in [6, 6.07) is 0. The summed E-state index contributed by atoms with van der Waals surface area (Å²) in [4.78, 5) is 25.8. The number of hydrogen-bond donors (Lipinski definition) is 1. The molecule has 2 saturated heterocycles. The van der Waals surface area contributed by atoms with E-state index in [-0.39, 0.29) is 17.2 Å². The van der Waals surface area contributed by atoms with Gasteiger partial charge in [-0.15, -0.1) is 0 Å². The van der Waals surface area contributed by atoms with Gasteiger partial charge in [0, 0.05) is 49.9 Å². The zero-order chi connectivity index (χ0) is 18.9. The van der Waals surface area contributed by atoms with E-state index in [0.717, 1.165) is 38.0 Å². The molecule has 0 unspecified atom stereocenters. The van der Waals surface area contributed by atoms with Gasteiger partial charge in [-0.2, -0.15) is 0 Å². The lowest BCUT2D eigenvalue weighted by molar-refractivity contribution is -0.141. The Bertz CT molecular complexity index is 717. The smallest absolute Gasteiger partial charge is 0.257 e. The molecule has 0 radical (unpaired) electrons. The second-order valence-corrected chi connectivity index (χ2v) is 7.98. The zero-order valence-electron chi connectivity index (χ0n) is 15.9. The first-order valence-corrected chi connectivity index (χ1v) is 9.85. The second kappa shape index (κ2) is 7.46. The van der Waals surface area contributed by atoms with E-state index < -0.39 is 6.10 Å². The molecule has 2 atom stereocenters. The van der Waals surface area contributed by atoms with Gasteiger partial charge in [-0.05, 0) is 32.1 Å². The number of hydrogen-bond acceptors (Lipinski definition) is 6. The Kier molecular flexibility index (Phi) is 5.04. The molecule has 7 nitrogen and oxygen atoms in total. The van der Waals surface area contributed by atoms with Gasteiger partial charge in [-0.25, -0.2) is 9.97 Å². The van der Waals surface area contributed by atoms with Crippen LogP contribution in [0.2, 0.25) is 0 Å². The third-order valence-electron chi connectivity index (χ3n) is 6.30. The largest absolute Gasteiger partial charge is 0.478 e. The number of anilines is 1. The molecule has 2 fully saturated rings. The predicted octanol–water partition coefficient (Wildman–Crippen LogP) is 1.63. The van der Waals surface area contributed by atoms with E-state index in [4.69, 9.17) is 4.74 Å². The van der Waals surface area contributed by atoms with E-state index in [1.807, 2.05) is 4.90 Å². The van der Waals surface area contributed by atoms with Crippen LogP contribution >= 0.6 is 0 Å². The molecule has 0 aromatic carbocycles. The number of methoxy groups -OCH3 is 1. The first-order valence-electron chi connectivity index (χ1n) is 9.85. The van der Waals surface area contributed by atoms with Crippen molar-refractivity contribution in [1.82, 2.24) is 14.9 Å². The van der Waals surface area contributed by atoms with Gasteiger partial charge in [0.2, 0.25) is 5.91 Å². The first kappa shape index (κ1) is 18.2. The van der Waals surface area contributed by atoms with Crippen LogP contribution in [-0.2, 0) is 4.79 Å². The number of nitrogens with zero attached hydrogens (tertiary/aromatic N) is 4. The lowest BCUT2D eigenvalue weighted by atomic mass is 9.71. The molecule has 1 amide bonds. The van der Waals surface area contributed by atoms with E-state index >= 15 is 0 Å². The molecule has 3 aliphatic rings. The minimum absolute atomic E-state index is 0.0806. The molecule has 1 N–H and O–H groups in total. The van der Waals surface area contributed by atoms with Gasteiger partial charge >= 0.3 is 0 Å². The Hall–Kier alpha value is -2.15. The number of carbonyl (C=O) groups excluding carboxylic acids is 1. The fraction of sp³-hybridized carbons (Fsp3) is 0.650. The van der Waals surface area contributed by atoms with Gasteiger partial charge < -0.3 is 19.6 Å². The molecule has 7 heteroatoms. The second-order valence-electron chi connectivity index (χ2n) is 7.98. The Balaban J connectivity index is 1.54. The van der Waals surface area contributed by atoms with Crippen molar-refractivity contribution in [1.29, 1.82) is 0 Å². The average molecular weight is 372 g/mol. The van der Waals surface area contributed by atoms with Crippen molar-refractivity contribution >= 4 is 11.7 Å². The highest BCUT2D eigenvalue weighted by molar-refractivity contribution is 5.80. The average Bonchev–Trinajstić information content (AvgIpc) is 3.24. The molecule has 0 saturated carbocycles. The number of aromatic nitrogens is 2. The molecule has 2 aliphatic heterocycles. The van der Waals surface area contributed by atoms with Gasteiger partial charge in [0.15, 0.2) is 5.82 Å². The molecule has 1 aromatic heterocycles. The van der Waals surface area contributed by atoms with Crippen LogP contribution in [0.3, 0.4) is 0 Å². The Labute approximate surface area is 160 Å². The van der Waals surface area contributed by atoms with Crippen molar-refractivity contribution in [3.8, 4) is 5.88 Å². The molecule has 27 heavy (non-hydrogen) atoms. The van der Waals surface area contributed by atoms with Gasteiger partial charge in [0.05, 0.1) is 13.2 Å². The summed E-state index contributed by atoms with van der Waals surface area (Å²) >= 11 is 0. The van der Waals surface area contributed by atoms with Crippen LogP contribution in [0.25, 0.3) is 0 Å². The van der Waals surface area contributed by atoms with Crippen LogP contribution in [0.15, 0.2) is 24.5 Å². The van der Waals surface area contributed by atoms with Gasteiger partial charge in [-0.3, -0.25) is 4.79 Å². The van der Waals surface area contributed by atoms with Crippen LogP contribution in [0, 0.1) is 11.3 Å². The van der Waals surface area contributed by atoms with Crippen LogP contribution < -0.4 is 9.64 Å². The van der Waals surface area contributed by atoms with E-state index in [1.165, 1.54) is 0 Å². The first-order chi connectivity index (χ1) is 13.1. The quantitative estimate of drug-likeness (QED) is 0.813. The summed E-state index contributed by atoms with van der Waals surface area (Å²) in [7, 11) is 1.60. The number of ether oxygens (including phenoxy) is 1. The Morgan fingerprint density at radius 3 is 2.78 bits per heavy atom. The fourth-order valence-electron chi connectivity index (χ4n) is 4.83. The molecule has 1 aliphatic carbocycles. The normalized spacial score (nSPS) is 28.7. The fourth-order valence-corrected chi connectivity index (χ4v) is 4.83. The lowest BCUT2D eigenvalue weighted by Crippen LogP contribution is -2.60. The molecule has 3 heterocycles. The third-order valence-corrected chi connectivity index (χ3v) is 6.30. The van der Waals surface area contributed by atoms with Crippen LogP contribution in [0.5, 0.6) is 5.88 Å². The van der Waals surface area contributed by atoms with Crippen molar-refractivity contribution < 1.29 is 14.6 Å². The molecular formula is C20H28N4O3. The SMILES string of the molecule is COc1nccnc1N1CC[C@@H](O)[C@]2(CCCN(C(=O)C3CC=CC3)C2)C1. The number of aliphatic hydroxyl groups is 1. The number of rotatable bonds is 3. The maximum absolute atomic E-state index is 12.9. The van der Waals surface area contributed by atoms with Crippen molar-refractivity contribution in [3.05, 3.63) is 24.5 Å². The van der Waals surface area contributed by atoms with Crippen LogP contribution in [0.4, 0.5) is 5.82 Å². The third kappa shape index (κ3) is 3.40. The molecule has 146 valence electrons. The van der Waals surface area contributed by atoms with Crippen LogP contribution in [-0.4, -0.2) is 65.3 Å². The minimum Gasteiger partial charge on any atom is -0.478 e. The Morgan fingerprint density at radius 2 is 2.00 bits per heavy atom. The van der Waals surface area contributed by atoms with E-state index in [1.54, 1.807) is 19.5 Å². The van der Waals surface area contributed by atoms with Crippen molar-refractivity contribution in [3.63, 3.8) is 0 Å². The number of allylic oxidation sites excluding steroid dienone is 2. The topological polar surface area (TPSA) is 78.8 Å². The number of amides is 1. The summed E-state index contributed by atoms with van der Waals surface area (Å²) in [6.45, 7) is 2.77. The standard InChI is InChI=1S/C20H28N4O3/c1-27-18-17(21-9-10-22-18)23-12-7-16(25)20(13-23)8-4-11-24(14-20)19(26)15-5-2-3-6-15/h2-3,9-10,15-16,25H,4-8,11-14H2,1H3/t16-,20-/m1/s1. The zero-order valence-corrected chi connectivity index (χ0v) is 15.9. The summed E-state index contributed by atoms with van der Waals surface area (Å²) < 4.78 is 5.38.